The number of nitrogens with zero attached hydrogens (tertiary/aromatic N) is 8. The Kier molecular flexibility index (Phi) is 7.48. The smallest absolute Gasteiger partial charge is 0.350 e. The van der Waals surface area contributed by atoms with Crippen LogP contribution in [0.2, 0.25) is 5.02 Å². The summed E-state index contributed by atoms with van der Waals surface area (Å²) in [4.78, 5) is 21.8. The number of piperazine rings is 1. The number of hydrogen-bond acceptors (Lipinski definition) is 7. The third-order valence-corrected chi connectivity index (χ3v) is 7.65. The second-order valence-corrected chi connectivity index (χ2v) is 10.6. The van der Waals surface area contributed by atoms with E-state index in [1.807, 2.05) is 42.5 Å². The van der Waals surface area contributed by atoms with Crippen LogP contribution in [0.25, 0.3) is 5.69 Å². The van der Waals surface area contributed by atoms with Crippen molar-refractivity contribution in [2.45, 2.75) is 18.7 Å². The van der Waals surface area contributed by atoms with Crippen molar-refractivity contribution in [2.75, 3.05) is 36.0 Å². The lowest BCUT2D eigenvalue weighted by Gasteiger charge is -2.37. The molecule has 0 saturated carbocycles. The van der Waals surface area contributed by atoms with Crippen LogP contribution in [0.1, 0.15) is 5.56 Å². The summed E-state index contributed by atoms with van der Waals surface area (Å²) in [6.07, 6.45) is 3.97. The summed E-state index contributed by atoms with van der Waals surface area (Å²) in [6, 6.07) is 18.3. The molecule has 10 nitrogen and oxygen atoms in total. The van der Waals surface area contributed by atoms with Crippen molar-refractivity contribution >= 4 is 23.0 Å². The van der Waals surface area contributed by atoms with Crippen molar-refractivity contribution < 1.29 is 13.9 Å². The third kappa shape index (κ3) is 5.63. The maximum atomic E-state index is 14.8. The van der Waals surface area contributed by atoms with E-state index < -0.39 is 29.5 Å². The first-order chi connectivity index (χ1) is 20.3. The van der Waals surface area contributed by atoms with E-state index in [9.17, 15) is 18.7 Å². The Labute approximate surface area is 244 Å². The first-order valence-electron chi connectivity index (χ1n) is 13.3. The minimum Gasteiger partial charge on any atom is -0.381 e. The van der Waals surface area contributed by atoms with Crippen LogP contribution in [-0.4, -0.2) is 60.4 Å². The van der Waals surface area contributed by atoms with Gasteiger partial charge in [-0.2, -0.15) is 10.2 Å². The topological polar surface area (TPSA) is 97.2 Å². The summed E-state index contributed by atoms with van der Waals surface area (Å²) >= 11 is 6.15. The highest BCUT2D eigenvalue weighted by Crippen LogP contribution is 2.28. The van der Waals surface area contributed by atoms with Gasteiger partial charge in [0.2, 0.25) is 0 Å². The van der Waals surface area contributed by atoms with Gasteiger partial charge >= 0.3 is 5.69 Å². The highest BCUT2D eigenvalue weighted by Gasteiger charge is 2.35. The maximum Gasteiger partial charge on any atom is 0.350 e. The minimum atomic E-state index is -1.98. The van der Waals surface area contributed by atoms with Gasteiger partial charge in [0.05, 0.1) is 18.8 Å². The van der Waals surface area contributed by atoms with Gasteiger partial charge in [-0.05, 0) is 48.5 Å². The van der Waals surface area contributed by atoms with Gasteiger partial charge in [0, 0.05) is 54.2 Å². The highest BCUT2D eigenvalue weighted by molar-refractivity contribution is 6.30. The number of halogens is 3. The van der Waals surface area contributed by atoms with E-state index in [1.165, 1.54) is 28.2 Å². The van der Waals surface area contributed by atoms with Crippen LogP contribution in [0.3, 0.4) is 0 Å². The summed E-state index contributed by atoms with van der Waals surface area (Å²) in [5.74, 6) is -1.73. The van der Waals surface area contributed by atoms with Crippen molar-refractivity contribution in [3.63, 3.8) is 0 Å². The Hall–Kier alpha value is -4.55. The van der Waals surface area contributed by atoms with Crippen LogP contribution in [0.4, 0.5) is 20.2 Å². The fraction of sp³-hybridized carbons (Fsp3) is 0.241. The standard InChI is InChI=1S/C29H27ClF2N8O2/c30-21-2-1-3-25(14-21)37-12-10-36(11-13-37)23-5-7-24(8-6-23)39-20-35-40(28(39)41)17-29(42,16-38-19-33-18-34-38)26-9-4-22(31)15-27(26)32/h1-9,14-15,18-20,42H,10-13,16-17H2. The Morgan fingerprint density at radius 2 is 1.55 bits per heavy atom. The van der Waals surface area contributed by atoms with Gasteiger partial charge in [-0.25, -0.2) is 32.5 Å². The molecule has 1 fully saturated rings. The summed E-state index contributed by atoms with van der Waals surface area (Å²) in [5, 5.41) is 20.5. The Morgan fingerprint density at radius 1 is 0.833 bits per heavy atom. The first kappa shape index (κ1) is 27.6. The molecule has 0 aliphatic carbocycles. The molecule has 0 radical (unpaired) electrons. The highest BCUT2D eigenvalue weighted by atomic mass is 35.5. The van der Waals surface area contributed by atoms with E-state index in [4.69, 9.17) is 11.6 Å². The molecule has 42 heavy (non-hydrogen) atoms. The number of hydrogen-bond donors (Lipinski definition) is 1. The second kappa shape index (κ2) is 11.4. The van der Waals surface area contributed by atoms with Crippen LogP contribution >= 0.6 is 11.6 Å². The summed E-state index contributed by atoms with van der Waals surface area (Å²) in [6.45, 7) is 2.70. The van der Waals surface area contributed by atoms with Gasteiger partial charge in [0.25, 0.3) is 0 Å². The average molecular weight is 593 g/mol. The normalized spacial score (nSPS) is 15.1. The predicted octanol–water partition coefficient (Wildman–Crippen LogP) is 3.47. The molecule has 13 heteroatoms. The van der Waals surface area contributed by atoms with Gasteiger partial charge in [0.15, 0.2) is 0 Å². The molecule has 1 aliphatic rings. The number of anilines is 2. The maximum absolute atomic E-state index is 14.8. The summed E-state index contributed by atoms with van der Waals surface area (Å²) in [5.41, 5.74) is 0.00701. The predicted molar refractivity (Wildman–Crippen MR) is 154 cm³/mol. The van der Waals surface area contributed by atoms with Gasteiger partial charge in [-0.15, -0.1) is 0 Å². The molecule has 1 unspecified atom stereocenters. The average Bonchev–Trinajstić information content (AvgIpc) is 3.62. The molecule has 3 aromatic carbocycles. The monoisotopic (exact) mass is 592 g/mol. The molecule has 0 spiro atoms. The van der Waals surface area contributed by atoms with Crippen molar-refractivity contribution in [1.29, 1.82) is 0 Å². The third-order valence-electron chi connectivity index (χ3n) is 7.41. The quantitative estimate of drug-likeness (QED) is 0.295. The largest absolute Gasteiger partial charge is 0.381 e. The van der Waals surface area contributed by atoms with Gasteiger partial charge < -0.3 is 14.9 Å². The van der Waals surface area contributed by atoms with Crippen LogP contribution in [0.15, 0.2) is 90.5 Å². The molecule has 1 aliphatic heterocycles. The van der Waals surface area contributed by atoms with Crippen molar-refractivity contribution in [2.24, 2.45) is 0 Å². The Balaban J connectivity index is 1.19. The van der Waals surface area contributed by atoms with E-state index in [1.54, 1.807) is 0 Å². The molecule has 6 rings (SSSR count). The molecule has 5 aromatic rings. The van der Waals surface area contributed by atoms with E-state index >= 15 is 0 Å². The van der Waals surface area contributed by atoms with E-state index in [0.717, 1.165) is 54.4 Å². The number of aromatic nitrogens is 6. The Bertz CT molecular complexity index is 1730. The lowest BCUT2D eigenvalue weighted by atomic mass is 9.93. The van der Waals surface area contributed by atoms with Crippen LogP contribution in [0.5, 0.6) is 0 Å². The zero-order chi connectivity index (χ0) is 29.3. The zero-order valence-corrected chi connectivity index (χ0v) is 23.1. The van der Waals surface area contributed by atoms with Crippen LogP contribution in [-0.2, 0) is 18.7 Å². The summed E-state index contributed by atoms with van der Waals surface area (Å²) < 4.78 is 32.1. The molecule has 2 aromatic heterocycles. The summed E-state index contributed by atoms with van der Waals surface area (Å²) in [7, 11) is 0. The number of rotatable bonds is 8. The van der Waals surface area contributed by atoms with Crippen LogP contribution in [0, 0.1) is 11.6 Å². The second-order valence-electron chi connectivity index (χ2n) is 10.2. The molecule has 1 saturated heterocycles. The first-order valence-corrected chi connectivity index (χ1v) is 13.7. The molecule has 1 N–H and O–H groups in total. The van der Waals surface area contributed by atoms with Gasteiger partial charge in [-0.1, -0.05) is 23.7 Å². The van der Waals surface area contributed by atoms with E-state index in [2.05, 4.69) is 31.0 Å². The molecule has 0 bridgehead atoms. The fourth-order valence-electron chi connectivity index (χ4n) is 5.26. The lowest BCUT2D eigenvalue weighted by Crippen LogP contribution is -2.46. The van der Waals surface area contributed by atoms with E-state index in [-0.39, 0.29) is 12.1 Å². The van der Waals surface area contributed by atoms with E-state index in [0.29, 0.717) is 16.8 Å². The minimum absolute atomic E-state index is 0.194. The molecular formula is C29H27ClF2N8O2. The van der Waals surface area contributed by atoms with Crippen molar-refractivity contribution in [3.8, 4) is 5.69 Å². The molecule has 1 atom stereocenters. The van der Waals surface area contributed by atoms with Crippen molar-refractivity contribution in [1.82, 2.24) is 29.1 Å². The van der Waals surface area contributed by atoms with Crippen LogP contribution < -0.4 is 15.5 Å². The number of aliphatic hydroxyl groups is 1. The molecular weight excluding hydrogens is 566 g/mol. The van der Waals surface area contributed by atoms with Crippen molar-refractivity contribution in [3.05, 3.63) is 118 Å². The lowest BCUT2D eigenvalue weighted by molar-refractivity contribution is -0.00948. The fourth-order valence-corrected chi connectivity index (χ4v) is 5.44. The Morgan fingerprint density at radius 3 is 2.21 bits per heavy atom. The van der Waals surface area contributed by atoms with Gasteiger partial charge in [-0.3, -0.25) is 0 Å². The zero-order valence-electron chi connectivity index (χ0n) is 22.4. The number of benzene rings is 3. The molecule has 216 valence electrons. The van der Waals surface area contributed by atoms with Gasteiger partial charge in [0.1, 0.15) is 36.2 Å². The molecule has 3 heterocycles. The SMILES string of the molecule is O=c1n(-c2ccc(N3CCN(c4cccc(Cl)c4)CC3)cc2)cnn1CC(O)(Cn1cncn1)c1ccc(F)cc1F. The molecule has 0 amide bonds.